The summed E-state index contributed by atoms with van der Waals surface area (Å²) in [4.78, 5) is 24.8. The quantitative estimate of drug-likeness (QED) is 0.832. The second-order valence-corrected chi connectivity index (χ2v) is 6.65. The van der Waals surface area contributed by atoms with Crippen molar-refractivity contribution >= 4 is 5.91 Å². The first kappa shape index (κ1) is 17.5. The normalized spacial score (nSPS) is 13.8. The summed E-state index contributed by atoms with van der Waals surface area (Å²) in [7, 11) is 0. The van der Waals surface area contributed by atoms with Gasteiger partial charge in [0.25, 0.3) is 0 Å². The van der Waals surface area contributed by atoms with Gasteiger partial charge in [0.15, 0.2) is 0 Å². The second kappa shape index (κ2) is 7.68. The van der Waals surface area contributed by atoms with Crippen LogP contribution < -0.4 is 11.0 Å². The molecule has 25 heavy (non-hydrogen) atoms. The number of benzene rings is 1. The molecule has 1 N–H and O–H groups in total. The molecule has 0 saturated heterocycles. The molecule has 0 unspecified atom stereocenters. The average molecular weight is 342 g/mol. The Bertz CT molecular complexity index is 781. The standard InChI is InChI=1S/C19H26N4O2/c1-3-5-10-17-21-23(19(25)22(17)4-2)13-18(24)20-16-11-14-8-6-7-9-15(14)12-16/h6-9,16H,3-5,10-13H2,1-2H3,(H,20,24). The first-order chi connectivity index (χ1) is 12.1. The Morgan fingerprint density at radius 3 is 2.52 bits per heavy atom. The van der Waals surface area contributed by atoms with Crippen molar-refractivity contribution in [3.05, 3.63) is 51.7 Å². The van der Waals surface area contributed by atoms with Crippen molar-refractivity contribution in [3.63, 3.8) is 0 Å². The Hall–Kier alpha value is -2.37. The third-order valence-corrected chi connectivity index (χ3v) is 4.78. The summed E-state index contributed by atoms with van der Waals surface area (Å²) < 4.78 is 2.96. The van der Waals surface area contributed by atoms with Crippen LogP contribution in [0.4, 0.5) is 0 Å². The monoisotopic (exact) mass is 342 g/mol. The van der Waals surface area contributed by atoms with E-state index < -0.39 is 0 Å². The highest BCUT2D eigenvalue weighted by Gasteiger charge is 2.23. The zero-order valence-electron chi connectivity index (χ0n) is 15.0. The van der Waals surface area contributed by atoms with E-state index in [0.717, 1.165) is 37.9 Å². The predicted molar refractivity (Wildman–Crippen MR) is 96.6 cm³/mol. The average Bonchev–Trinajstić information content (AvgIpc) is 3.13. The van der Waals surface area contributed by atoms with Crippen LogP contribution >= 0.6 is 0 Å². The van der Waals surface area contributed by atoms with Gasteiger partial charge in [0.2, 0.25) is 5.91 Å². The fourth-order valence-electron chi connectivity index (χ4n) is 3.50. The lowest BCUT2D eigenvalue weighted by Gasteiger charge is -2.11. The Balaban J connectivity index is 1.64. The number of unbranched alkanes of at least 4 members (excludes halogenated alkanes) is 1. The molecule has 0 bridgehead atoms. The number of rotatable bonds is 7. The number of nitrogens with one attached hydrogen (secondary N) is 1. The van der Waals surface area contributed by atoms with Crippen LogP contribution in [0.1, 0.15) is 43.6 Å². The first-order valence-corrected chi connectivity index (χ1v) is 9.15. The molecular weight excluding hydrogens is 316 g/mol. The third kappa shape index (κ3) is 3.83. The van der Waals surface area contributed by atoms with Gasteiger partial charge in [0.05, 0.1) is 0 Å². The van der Waals surface area contributed by atoms with Crippen LogP contribution in [-0.2, 0) is 37.1 Å². The van der Waals surface area contributed by atoms with E-state index in [0.29, 0.717) is 6.54 Å². The van der Waals surface area contributed by atoms with E-state index in [1.807, 2.05) is 19.1 Å². The molecule has 1 aromatic heterocycles. The van der Waals surface area contributed by atoms with Crippen molar-refractivity contribution in [1.82, 2.24) is 19.7 Å². The number of carbonyl (C=O) groups is 1. The minimum Gasteiger partial charge on any atom is -0.351 e. The maximum atomic E-state index is 12.4. The molecule has 1 aliphatic rings. The highest BCUT2D eigenvalue weighted by Crippen LogP contribution is 2.21. The van der Waals surface area contributed by atoms with E-state index in [2.05, 4.69) is 29.5 Å². The van der Waals surface area contributed by atoms with Crippen LogP contribution in [0.5, 0.6) is 0 Å². The summed E-state index contributed by atoms with van der Waals surface area (Å²) in [5.41, 5.74) is 2.39. The fraction of sp³-hybridized carbons (Fsp3) is 0.526. The van der Waals surface area contributed by atoms with Crippen LogP contribution in [0.15, 0.2) is 29.1 Å². The lowest BCUT2D eigenvalue weighted by atomic mass is 10.1. The zero-order valence-corrected chi connectivity index (χ0v) is 15.0. The van der Waals surface area contributed by atoms with Gasteiger partial charge in [-0.05, 0) is 37.3 Å². The van der Waals surface area contributed by atoms with Gasteiger partial charge in [-0.3, -0.25) is 9.36 Å². The lowest BCUT2D eigenvalue weighted by Crippen LogP contribution is -2.39. The van der Waals surface area contributed by atoms with Gasteiger partial charge in [0, 0.05) is 19.0 Å². The van der Waals surface area contributed by atoms with E-state index in [1.165, 1.54) is 15.8 Å². The molecule has 0 aliphatic heterocycles. The topological polar surface area (TPSA) is 68.9 Å². The summed E-state index contributed by atoms with van der Waals surface area (Å²) in [5, 5.41) is 7.42. The van der Waals surface area contributed by atoms with Crippen molar-refractivity contribution < 1.29 is 4.79 Å². The minimum absolute atomic E-state index is 0.0161. The predicted octanol–water partition coefficient (Wildman–Crippen LogP) is 1.69. The second-order valence-electron chi connectivity index (χ2n) is 6.65. The first-order valence-electron chi connectivity index (χ1n) is 9.15. The van der Waals surface area contributed by atoms with E-state index in [-0.39, 0.29) is 24.2 Å². The van der Waals surface area contributed by atoms with Crippen LogP contribution in [0.2, 0.25) is 0 Å². The molecule has 0 fully saturated rings. The Labute approximate surface area is 147 Å². The van der Waals surface area contributed by atoms with Crippen LogP contribution in [0.25, 0.3) is 0 Å². The third-order valence-electron chi connectivity index (χ3n) is 4.78. The Morgan fingerprint density at radius 1 is 1.24 bits per heavy atom. The fourth-order valence-corrected chi connectivity index (χ4v) is 3.50. The molecule has 0 saturated carbocycles. The van der Waals surface area contributed by atoms with Crippen molar-refractivity contribution in [2.75, 3.05) is 0 Å². The smallest absolute Gasteiger partial charge is 0.346 e. The van der Waals surface area contributed by atoms with Crippen LogP contribution in [0.3, 0.4) is 0 Å². The van der Waals surface area contributed by atoms with Crippen molar-refractivity contribution in [3.8, 4) is 0 Å². The summed E-state index contributed by atoms with van der Waals surface area (Å²) in [6, 6.07) is 8.37. The Morgan fingerprint density at radius 2 is 1.92 bits per heavy atom. The molecule has 2 aromatic rings. The van der Waals surface area contributed by atoms with E-state index in [1.54, 1.807) is 4.57 Å². The molecule has 0 spiro atoms. The lowest BCUT2D eigenvalue weighted by molar-refractivity contribution is -0.122. The number of nitrogens with zero attached hydrogens (tertiary/aromatic N) is 3. The summed E-state index contributed by atoms with van der Waals surface area (Å²) in [6.07, 6.45) is 4.51. The van der Waals surface area contributed by atoms with Gasteiger partial charge in [-0.1, -0.05) is 37.6 Å². The van der Waals surface area contributed by atoms with Crippen molar-refractivity contribution in [2.45, 2.75) is 65.1 Å². The molecule has 6 heteroatoms. The molecule has 1 amide bonds. The summed E-state index contributed by atoms with van der Waals surface area (Å²) in [5.74, 6) is 0.623. The number of fused-ring (bicyclic) bond motifs is 1. The highest BCUT2D eigenvalue weighted by molar-refractivity contribution is 5.76. The van der Waals surface area contributed by atoms with Crippen LogP contribution in [-0.4, -0.2) is 26.3 Å². The number of carbonyl (C=O) groups excluding carboxylic acids is 1. The van der Waals surface area contributed by atoms with E-state index in [9.17, 15) is 9.59 Å². The molecule has 1 heterocycles. The molecule has 1 aromatic carbocycles. The molecule has 0 radical (unpaired) electrons. The van der Waals surface area contributed by atoms with Gasteiger partial charge in [-0.25, -0.2) is 9.48 Å². The number of hydrogen-bond donors (Lipinski definition) is 1. The van der Waals surface area contributed by atoms with E-state index >= 15 is 0 Å². The van der Waals surface area contributed by atoms with Crippen molar-refractivity contribution in [2.24, 2.45) is 0 Å². The summed E-state index contributed by atoms with van der Waals surface area (Å²) in [6.45, 7) is 4.60. The Kier molecular flexibility index (Phi) is 5.36. The minimum atomic E-state index is -0.196. The van der Waals surface area contributed by atoms with Crippen molar-refractivity contribution in [1.29, 1.82) is 0 Å². The van der Waals surface area contributed by atoms with E-state index in [4.69, 9.17) is 0 Å². The summed E-state index contributed by atoms with van der Waals surface area (Å²) >= 11 is 0. The number of amides is 1. The number of hydrogen-bond acceptors (Lipinski definition) is 3. The SMILES string of the molecule is CCCCc1nn(CC(=O)NC2Cc3ccccc3C2)c(=O)n1CC. The van der Waals surface area contributed by atoms with Gasteiger partial charge in [-0.2, -0.15) is 5.10 Å². The molecule has 1 aliphatic carbocycles. The zero-order chi connectivity index (χ0) is 17.8. The van der Waals surface area contributed by atoms with Gasteiger partial charge >= 0.3 is 5.69 Å². The maximum absolute atomic E-state index is 12.4. The molecular formula is C19H26N4O2. The van der Waals surface area contributed by atoms with Crippen LogP contribution in [0, 0.1) is 0 Å². The largest absolute Gasteiger partial charge is 0.351 e. The molecule has 6 nitrogen and oxygen atoms in total. The highest BCUT2D eigenvalue weighted by atomic mass is 16.2. The molecule has 3 rings (SSSR count). The van der Waals surface area contributed by atoms with Gasteiger partial charge in [0.1, 0.15) is 12.4 Å². The maximum Gasteiger partial charge on any atom is 0.346 e. The molecule has 134 valence electrons. The molecule has 0 atom stereocenters. The van der Waals surface area contributed by atoms with Gasteiger partial charge < -0.3 is 5.32 Å². The number of aromatic nitrogens is 3. The van der Waals surface area contributed by atoms with Gasteiger partial charge in [-0.15, -0.1) is 0 Å². The number of aryl methyl sites for hydroxylation is 1.